The number of halogens is 3. The molecule has 0 atom stereocenters. The summed E-state index contributed by atoms with van der Waals surface area (Å²) in [4.78, 5) is 18.4. The van der Waals surface area contributed by atoms with Gasteiger partial charge in [0.25, 0.3) is 5.56 Å². The zero-order valence-electron chi connectivity index (χ0n) is 13.9. The van der Waals surface area contributed by atoms with Crippen molar-refractivity contribution in [3.63, 3.8) is 0 Å². The molecule has 2 rings (SSSR count). The van der Waals surface area contributed by atoms with Crippen molar-refractivity contribution in [1.82, 2.24) is 9.55 Å². The first kappa shape index (κ1) is 19.7. The summed E-state index contributed by atoms with van der Waals surface area (Å²) >= 11 is 5.04. The number of nitrogens with zero attached hydrogens (tertiary/aromatic N) is 2. The quantitative estimate of drug-likeness (QED) is 0.602. The van der Waals surface area contributed by atoms with E-state index in [0.29, 0.717) is 6.54 Å². The van der Waals surface area contributed by atoms with E-state index in [2.05, 4.69) is 14.7 Å². The van der Waals surface area contributed by atoms with Gasteiger partial charge < -0.3 is 9.84 Å². The van der Waals surface area contributed by atoms with Crippen molar-refractivity contribution in [2.45, 2.75) is 26.8 Å². The van der Waals surface area contributed by atoms with E-state index in [1.807, 2.05) is 13.8 Å². The zero-order chi connectivity index (χ0) is 19.5. The Bertz CT molecular complexity index is 916. The van der Waals surface area contributed by atoms with Gasteiger partial charge in [-0.2, -0.15) is 0 Å². The molecule has 0 saturated carbocycles. The molecule has 1 aromatic heterocycles. The van der Waals surface area contributed by atoms with Gasteiger partial charge in [0.15, 0.2) is 4.77 Å². The zero-order valence-corrected chi connectivity index (χ0v) is 14.7. The van der Waals surface area contributed by atoms with E-state index >= 15 is 0 Å². The third kappa shape index (κ3) is 5.19. The molecule has 2 aromatic rings. The number of alkyl halides is 3. The summed E-state index contributed by atoms with van der Waals surface area (Å²) in [5.74, 6) is -0.542. The molecule has 140 valence electrons. The standard InChI is InChI=1S/C16H16F3N3O3S/c1-9(2)8-22-14(24)12(13(23)21-15(22)26)7-20-10-3-5-11(6-4-10)25-16(17,18)19/h3-7,9,24H,8H2,1-2H3,(H,21,23,26). The Morgan fingerprint density at radius 3 is 2.50 bits per heavy atom. The van der Waals surface area contributed by atoms with E-state index in [4.69, 9.17) is 12.2 Å². The predicted octanol–water partition coefficient (Wildman–Crippen LogP) is 3.92. The summed E-state index contributed by atoms with van der Waals surface area (Å²) in [6.07, 6.45) is -3.65. The lowest BCUT2D eigenvalue weighted by molar-refractivity contribution is -0.274. The molecule has 0 bridgehead atoms. The van der Waals surface area contributed by atoms with Crippen molar-refractivity contribution in [3.05, 3.63) is 45.0 Å². The Morgan fingerprint density at radius 1 is 1.35 bits per heavy atom. The number of aliphatic imine (C=N–C) groups is 1. The highest BCUT2D eigenvalue weighted by molar-refractivity contribution is 7.71. The van der Waals surface area contributed by atoms with E-state index in [9.17, 15) is 23.1 Å². The molecule has 0 aliphatic heterocycles. The number of hydrogen-bond acceptors (Lipinski definition) is 5. The molecule has 26 heavy (non-hydrogen) atoms. The van der Waals surface area contributed by atoms with Gasteiger partial charge >= 0.3 is 6.36 Å². The van der Waals surface area contributed by atoms with Crippen LogP contribution < -0.4 is 10.3 Å². The number of H-pyrrole nitrogens is 1. The van der Waals surface area contributed by atoms with Crippen molar-refractivity contribution in [1.29, 1.82) is 0 Å². The Kier molecular flexibility index (Phi) is 5.86. The number of hydrogen-bond donors (Lipinski definition) is 2. The molecule has 10 heteroatoms. The van der Waals surface area contributed by atoms with Crippen molar-refractivity contribution < 1.29 is 23.0 Å². The summed E-state index contributed by atoms with van der Waals surface area (Å²) < 4.78 is 41.6. The maximum absolute atomic E-state index is 12.1. The highest BCUT2D eigenvalue weighted by Gasteiger charge is 2.30. The first-order valence-corrected chi connectivity index (χ1v) is 7.93. The molecule has 0 aliphatic rings. The third-order valence-corrected chi connectivity index (χ3v) is 3.49. The Balaban J connectivity index is 2.30. The van der Waals surface area contributed by atoms with Gasteiger partial charge in [-0.3, -0.25) is 19.3 Å². The topological polar surface area (TPSA) is 79.6 Å². The van der Waals surface area contributed by atoms with Crippen LogP contribution in [0.3, 0.4) is 0 Å². The van der Waals surface area contributed by atoms with Gasteiger partial charge in [0, 0.05) is 12.8 Å². The summed E-state index contributed by atoms with van der Waals surface area (Å²) in [7, 11) is 0. The normalized spacial score (nSPS) is 12.1. The van der Waals surface area contributed by atoms with Crippen molar-refractivity contribution >= 4 is 24.1 Å². The summed E-state index contributed by atoms with van der Waals surface area (Å²) in [6, 6.07) is 4.75. The second-order valence-corrected chi connectivity index (χ2v) is 6.19. The fraction of sp³-hybridized carbons (Fsp3) is 0.312. The number of ether oxygens (including phenoxy) is 1. The first-order chi connectivity index (χ1) is 12.1. The van der Waals surface area contributed by atoms with Crippen LogP contribution in [-0.4, -0.2) is 27.2 Å². The molecule has 0 unspecified atom stereocenters. The molecule has 0 aliphatic carbocycles. The van der Waals surface area contributed by atoms with Crippen LogP contribution in [0.2, 0.25) is 0 Å². The molecule has 0 saturated heterocycles. The minimum Gasteiger partial charge on any atom is -0.494 e. The Hall–Kier alpha value is -2.62. The molecule has 0 radical (unpaired) electrons. The van der Waals surface area contributed by atoms with Gasteiger partial charge in [0.2, 0.25) is 5.88 Å². The molecule has 0 spiro atoms. The number of aromatic nitrogens is 2. The molecule has 1 aromatic carbocycles. The summed E-state index contributed by atoms with van der Waals surface area (Å²) in [5.41, 5.74) is -0.445. The van der Waals surface area contributed by atoms with Crippen LogP contribution in [0.5, 0.6) is 11.6 Å². The lowest BCUT2D eigenvalue weighted by Crippen LogP contribution is -2.20. The SMILES string of the molecule is CC(C)Cn1c(O)c(C=Nc2ccc(OC(F)(F)F)cc2)c(=O)[nH]c1=S. The second-order valence-electron chi connectivity index (χ2n) is 5.80. The number of benzene rings is 1. The molecule has 0 fully saturated rings. The Labute approximate surface area is 151 Å². The monoisotopic (exact) mass is 387 g/mol. The van der Waals surface area contributed by atoms with Gasteiger partial charge in [-0.05, 0) is 42.4 Å². The van der Waals surface area contributed by atoms with Gasteiger partial charge in [-0.1, -0.05) is 13.8 Å². The van der Waals surface area contributed by atoms with Crippen LogP contribution in [-0.2, 0) is 6.54 Å². The fourth-order valence-electron chi connectivity index (χ4n) is 2.10. The van der Waals surface area contributed by atoms with Gasteiger partial charge in [0.05, 0.1) is 5.69 Å². The van der Waals surface area contributed by atoms with Crippen LogP contribution >= 0.6 is 12.2 Å². The predicted molar refractivity (Wildman–Crippen MR) is 92.8 cm³/mol. The highest BCUT2D eigenvalue weighted by atomic mass is 32.1. The van der Waals surface area contributed by atoms with E-state index in [0.717, 1.165) is 18.3 Å². The third-order valence-electron chi connectivity index (χ3n) is 3.17. The maximum Gasteiger partial charge on any atom is 0.573 e. The maximum atomic E-state index is 12.1. The molecule has 1 heterocycles. The minimum absolute atomic E-state index is 0.0898. The van der Waals surface area contributed by atoms with E-state index < -0.39 is 11.9 Å². The lowest BCUT2D eigenvalue weighted by Gasteiger charge is -2.13. The number of aromatic hydroxyl groups is 1. The second kappa shape index (κ2) is 7.73. The number of aromatic amines is 1. The smallest absolute Gasteiger partial charge is 0.494 e. The van der Waals surface area contributed by atoms with Crippen molar-refractivity contribution in [3.8, 4) is 11.6 Å². The fourth-order valence-corrected chi connectivity index (χ4v) is 2.35. The molecule has 2 N–H and O–H groups in total. The van der Waals surface area contributed by atoms with Crippen LogP contribution in [0.15, 0.2) is 34.1 Å². The van der Waals surface area contributed by atoms with E-state index in [1.54, 1.807) is 0 Å². The van der Waals surface area contributed by atoms with Crippen molar-refractivity contribution in [2.75, 3.05) is 0 Å². The van der Waals surface area contributed by atoms with Crippen LogP contribution in [0.25, 0.3) is 0 Å². The van der Waals surface area contributed by atoms with Gasteiger partial charge in [0.1, 0.15) is 11.3 Å². The molecule has 6 nitrogen and oxygen atoms in total. The number of rotatable bonds is 5. The minimum atomic E-state index is -4.78. The Morgan fingerprint density at radius 2 is 1.96 bits per heavy atom. The van der Waals surface area contributed by atoms with Crippen LogP contribution in [0, 0.1) is 10.7 Å². The van der Waals surface area contributed by atoms with E-state index in [-0.39, 0.29) is 33.6 Å². The molecular weight excluding hydrogens is 371 g/mol. The average Bonchev–Trinajstić information content (AvgIpc) is 2.51. The van der Waals surface area contributed by atoms with Crippen LogP contribution in [0.1, 0.15) is 19.4 Å². The summed E-state index contributed by atoms with van der Waals surface area (Å²) in [5, 5.41) is 10.3. The summed E-state index contributed by atoms with van der Waals surface area (Å²) in [6.45, 7) is 4.24. The lowest BCUT2D eigenvalue weighted by atomic mass is 10.2. The average molecular weight is 387 g/mol. The van der Waals surface area contributed by atoms with Crippen LogP contribution in [0.4, 0.5) is 18.9 Å². The van der Waals surface area contributed by atoms with Crippen molar-refractivity contribution in [2.24, 2.45) is 10.9 Å². The van der Waals surface area contributed by atoms with Gasteiger partial charge in [-0.15, -0.1) is 13.2 Å². The van der Waals surface area contributed by atoms with E-state index in [1.165, 1.54) is 16.7 Å². The molecular formula is C16H16F3N3O3S. The largest absolute Gasteiger partial charge is 0.573 e. The highest BCUT2D eigenvalue weighted by Crippen LogP contribution is 2.25. The molecule has 0 amide bonds. The number of nitrogens with one attached hydrogen (secondary N) is 1. The first-order valence-electron chi connectivity index (χ1n) is 7.53. The van der Waals surface area contributed by atoms with Gasteiger partial charge in [-0.25, -0.2) is 0 Å².